The lowest BCUT2D eigenvalue weighted by Crippen LogP contribution is -2.31. The summed E-state index contributed by atoms with van der Waals surface area (Å²) in [7, 11) is 0. The summed E-state index contributed by atoms with van der Waals surface area (Å²) in [5, 5.41) is 10.0. The van der Waals surface area contributed by atoms with Gasteiger partial charge in [0.2, 0.25) is 0 Å². The van der Waals surface area contributed by atoms with Crippen molar-refractivity contribution in [3.8, 4) is 0 Å². The van der Waals surface area contributed by atoms with Gasteiger partial charge in [-0.2, -0.15) is 0 Å². The molecule has 1 unspecified atom stereocenters. The van der Waals surface area contributed by atoms with E-state index in [0.717, 1.165) is 24.1 Å². The first-order chi connectivity index (χ1) is 8.31. The highest BCUT2D eigenvalue weighted by molar-refractivity contribution is 7.03. The van der Waals surface area contributed by atoms with E-state index in [0.29, 0.717) is 6.04 Å². The van der Waals surface area contributed by atoms with Gasteiger partial charge in [0.25, 0.3) is 0 Å². The lowest BCUT2D eigenvalue weighted by Gasteiger charge is -2.32. The van der Waals surface area contributed by atoms with Gasteiger partial charge in [-0.05, 0) is 49.2 Å². The van der Waals surface area contributed by atoms with E-state index in [4.69, 9.17) is 0 Å². The predicted molar refractivity (Wildman–Crippen MR) is 72.1 cm³/mol. The molecule has 0 amide bonds. The van der Waals surface area contributed by atoms with Crippen molar-refractivity contribution < 1.29 is 0 Å². The molecule has 1 atom stereocenters. The summed E-state index contributed by atoms with van der Waals surface area (Å²) in [4.78, 5) is 0. The Morgan fingerprint density at radius 1 is 1.41 bits per heavy atom. The normalized spacial score (nSPS) is 26.9. The second-order valence-electron chi connectivity index (χ2n) is 5.28. The second-order valence-corrected chi connectivity index (χ2v) is 5.89. The molecule has 0 bridgehead atoms. The smallest absolute Gasteiger partial charge is 0.0927 e. The molecule has 2 rings (SSSR count). The quantitative estimate of drug-likeness (QED) is 0.874. The van der Waals surface area contributed by atoms with Gasteiger partial charge >= 0.3 is 0 Å². The number of nitrogens with one attached hydrogen (secondary N) is 1. The van der Waals surface area contributed by atoms with Crippen LogP contribution >= 0.6 is 11.5 Å². The van der Waals surface area contributed by atoms with Crippen LogP contribution in [0.25, 0.3) is 0 Å². The summed E-state index contributed by atoms with van der Waals surface area (Å²) in [5.41, 5.74) is 1.16. The molecule has 1 fully saturated rings. The van der Waals surface area contributed by atoms with Gasteiger partial charge in [-0.15, -0.1) is 5.10 Å². The summed E-state index contributed by atoms with van der Waals surface area (Å²) >= 11 is 1.46. The Morgan fingerprint density at radius 3 is 2.76 bits per heavy atom. The Balaban J connectivity index is 2.00. The van der Waals surface area contributed by atoms with Gasteiger partial charge in [0.1, 0.15) is 0 Å². The minimum Gasteiger partial charge on any atom is -0.308 e. The molecule has 1 aliphatic rings. The summed E-state index contributed by atoms with van der Waals surface area (Å²) in [5.74, 6) is 1.66. The minimum atomic E-state index is 0.432. The van der Waals surface area contributed by atoms with Crippen LogP contribution in [0.4, 0.5) is 0 Å². The van der Waals surface area contributed by atoms with Crippen molar-refractivity contribution in [3.63, 3.8) is 0 Å². The van der Waals surface area contributed by atoms with Crippen molar-refractivity contribution in [1.82, 2.24) is 14.9 Å². The maximum Gasteiger partial charge on any atom is 0.0927 e. The molecule has 1 N–H and O–H groups in total. The van der Waals surface area contributed by atoms with Crippen molar-refractivity contribution in [1.29, 1.82) is 0 Å². The Morgan fingerprint density at radius 2 is 2.18 bits per heavy atom. The van der Waals surface area contributed by atoms with Crippen LogP contribution < -0.4 is 5.32 Å². The number of hydrogen-bond acceptors (Lipinski definition) is 4. The third-order valence-corrected chi connectivity index (χ3v) is 4.36. The van der Waals surface area contributed by atoms with Gasteiger partial charge in [-0.3, -0.25) is 0 Å². The van der Waals surface area contributed by atoms with Crippen LogP contribution in [0.2, 0.25) is 0 Å². The average Bonchev–Trinajstić information content (AvgIpc) is 2.85. The van der Waals surface area contributed by atoms with Crippen LogP contribution in [0.5, 0.6) is 0 Å². The van der Waals surface area contributed by atoms with E-state index >= 15 is 0 Å². The van der Waals surface area contributed by atoms with E-state index < -0.39 is 0 Å². The topological polar surface area (TPSA) is 37.8 Å². The molecule has 4 heteroatoms. The summed E-state index contributed by atoms with van der Waals surface area (Å²) in [6.45, 7) is 5.66. The predicted octanol–water partition coefficient (Wildman–Crippen LogP) is 3.41. The van der Waals surface area contributed by atoms with E-state index in [1.807, 2.05) is 0 Å². The molecule has 1 aliphatic carbocycles. The van der Waals surface area contributed by atoms with Crippen LogP contribution in [-0.4, -0.2) is 16.1 Å². The third-order valence-electron chi connectivity index (χ3n) is 3.84. The highest BCUT2D eigenvalue weighted by atomic mass is 32.1. The van der Waals surface area contributed by atoms with Gasteiger partial charge in [0.15, 0.2) is 0 Å². The Hall–Kier alpha value is -0.480. The van der Waals surface area contributed by atoms with Gasteiger partial charge in [0, 0.05) is 5.38 Å². The van der Waals surface area contributed by atoms with Crippen LogP contribution in [0.15, 0.2) is 5.38 Å². The van der Waals surface area contributed by atoms with Crippen molar-refractivity contribution in [2.45, 2.75) is 52.0 Å². The summed E-state index contributed by atoms with van der Waals surface area (Å²) in [6, 6.07) is 0.432. The van der Waals surface area contributed by atoms with Gasteiger partial charge < -0.3 is 5.32 Å². The van der Waals surface area contributed by atoms with Crippen molar-refractivity contribution in [2.75, 3.05) is 6.54 Å². The number of nitrogens with zero attached hydrogens (tertiary/aromatic N) is 2. The molecule has 0 aliphatic heterocycles. The lowest BCUT2D eigenvalue weighted by atomic mass is 9.78. The first-order valence-corrected chi connectivity index (χ1v) is 7.65. The van der Waals surface area contributed by atoms with Crippen molar-refractivity contribution in [2.24, 2.45) is 11.8 Å². The monoisotopic (exact) mass is 253 g/mol. The molecule has 1 aromatic heterocycles. The molecule has 0 spiro atoms. The average molecular weight is 253 g/mol. The third kappa shape index (κ3) is 3.49. The first kappa shape index (κ1) is 13.0. The molecule has 17 heavy (non-hydrogen) atoms. The van der Waals surface area contributed by atoms with Gasteiger partial charge in [-0.25, -0.2) is 0 Å². The molecule has 1 aromatic rings. The largest absolute Gasteiger partial charge is 0.308 e. The molecule has 1 heterocycles. The van der Waals surface area contributed by atoms with E-state index in [1.54, 1.807) is 0 Å². The Kier molecular flexibility index (Phi) is 4.92. The number of aromatic nitrogens is 2. The fourth-order valence-corrected chi connectivity index (χ4v) is 3.23. The summed E-state index contributed by atoms with van der Waals surface area (Å²) < 4.78 is 4.01. The molecule has 0 aromatic carbocycles. The molecular weight excluding hydrogens is 230 g/mol. The van der Waals surface area contributed by atoms with E-state index in [1.165, 1.54) is 43.6 Å². The van der Waals surface area contributed by atoms with E-state index in [-0.39, 0.29) is 0 Å². The lowest BCUT2D eigenvalue weighted by molar-refractivity contribution is 0.229. The second kappa shape index (κ2) is 6.45. The molecular formula is C13H23N3S. The first-order valence-electron chi connectivity index (χ1n) is 6.81. The van der Waals surface area contributed by atoms with Crippen LogP contribution in [0.1, 0.15) is 57.7 Å². The molecule has 1 saturated carbocycles. The van der Waals surface area contributed by atoms with E-state index in [2.05, 4.69) is 34.1 Å². The van der Waals surface area contributed by atoms with Crippen molar-refractivity contribution >= 4 is 11.5 Å². The Labute approximate surface area is 108 Å². The number of rotatable bonds is 5. The Bertz CT molecular complexity index is 304. The van der Waals surface area contributed by atoms with Crippen LogP contribution in [0, 0.1) is 11.8 Å². The zero-order chi connectivity index (χ0) is 12.1. The van der Waals surface area contributed by atoms with Gasteiger partial charge in [-0.1, -0.05) is 31.2 Å². The van der Waals surface area contributed by atoms with Crippen LogP contribution in [-0.2, 0) is 0 Å². The molecule has 0 radical (unpaired) electrons. The molecule has 0 saturated heterocycles. The summed E-state index contributed by atoms with van der Waals surface area (Å²) in [6.07, 6.45) is 6.58. The standard InChI is InChI=1S/C13H23N3S/c1-3-8-14-13(12-9-17-16-15-12)11-6-4-10(2)5-7-11/h9-11,13-14H,3-8H2,1-2H3. The molecule has 96 valence electrons. The maximum atomic E-state index is 4.27. The van der Waals surface area contributed by atoms with Crippen molar-refractivity contribution in [3.05, 3.63) is 11.1 Å². The maximum absolute atomic E-state index is 4.27. The fraction of sp³-hybridized carbons (Fsp3) is 0.846. The fourth-order valence-electron chi connectivity index (χ4n) is 2.74. The minimum absolute atomic E-state index is 0.432. The van der Waals surface area contributed by atoms with Crippen LogP contribution in [0.3, 0.4) is 0 Å². The van der Waals surface area contributed by atoms with Gasteiger partial charge in [0.05, 0.1) is 11.7 Å². The van der Waals surface area contributed by atoms with E-state index in [9.17, 15) is 0 Å². The highest BCUT2D eigenvalue weighted by Gasteiger charge is 2.28. The highest BCUT2D eigenvalue weighted by Crippen LogP contribution is 2.36. The molecule has 3 nitrogen and oxygen atoms in total. The zero-order valence-corrected chi connectivity index (χ0v) is 11.7. The SMILES string of the molecule is CCCNC(c1csnn1)C1CCC(C)CC1. The number of hydrogen-bond donors (Lipinski definition) is 1. The zero-order valence-electron chi connectivity index (χ0n) is 10.9.